The summed E-state index contributed by atoms with van der Waals surface area (Å²) < 4.78 is 0. The topological polar surface area (TPSA) is 70.7 Å². The fourth-order valence-electron chi connectivity index (χ4n) is 2.05. The third kappa shape index (κ3) is 3.67. The van der Waals surface area contributed by atoms with E-state index >= 15 is 0 Å². The Morgan fingerprint density at radius 3 is 2.87 bits per heavy atom. The molecule has 0 fully saturated rings. The van der Waals surface area contributed by atoms with E-state index in [4.69, 9.17) is 11.6 Å². The highest BCUT2D eigenvalue weighted by Gasteiger charge is 2.12. The summed E-state index contributed by atoms with van der Waals surface area (Å²) in [7, 11) is 0. The lowest BCUT2D eigenvalue weighted by Crippen LogP contribution is -2.08. The van der Waals surface area contributed by atoms with Crippen LogP contribution >= 0.6 is 22.9 Å². The number of pyridine rings is 1. The first kappa shape index (κ1) is 15.5. The average molecular weight is 345 g/mol. The zero-order chi connectivity index (χ0) is 16.2. The molecule has 0 saturated carbocycles. The summed E-state index contributed by atoms with van der Waals surface area (Å²) in [5.74, 6) is 0.346. The number of aromatic nitrogens is 3. The molecule has 0 aromatic carbocycles. The second kappa shape index (κ2) is 6.76. The minimum atomic E-state index is -0.234. The number of anilines is 1. The first-order chi connectivity index (χ1) is 11.1. The molecule has 3 aromatic heterocycles. The van der Waals surface area contributed by atoms with E-state index in [-0.39, 0.29) is 5.91 Å². The molecule has 0 spiro atoms. The molecule has 5 nitrogen and oxygen atoms in total. The van der Waals surface area contributed by atoms with Crippen molar-refractivity contribution >= 4 is 40.7 Å². The number of aromatic amines is 1. The van der Waals surface area contributed by atoms with Crippen LogP contribution in [0.3, 0.4) is 0 Å². The van der Waals surface area contributed by atoms with E-state index in [1.807, 2.05) is 24.4 Å². The van der Waals surface area contributed by atoms with Crippen LogP contribution in [0.4, 0.5) is 5.82 Å². The molecular formula is C16H13ClN4OS. The first-order valence-electron chi connectivity index (χ1n) is 6.82. The second-order valence-corrected chi connectivity index (χ2v) is 6.18. The van der Waals surface area contributed by atoms with E-state index < -0.39 is 0 Å². The van der Waals surface area contributed by atoms with Crippen LogP contribution in [0.15, 0.2) is 42.0 Å². The Morgan fingerprint density at radius 1 is 1.39 bits per heavy atom. The summed E-state index contributed by atoms with van der Waals surface area (Å²) in [6.45, 7) is 1.90. The normalized spacial score (nSPS) is 11.0. The van der Waals surface area contributed by atoms with Gasteiger partial charge in [-0.1, -0.05) is 11.6 Å². The predicted molar refractivity (Wildman–Crippen MR) is 93.5 cm³/mol. The van der Waals surface area contributed by atoms with Gasteiger partial charge in [0.15, 0.2) is 0 Å². The molecule has 23 heavy (non-hydrogen) atoms. The number of halogens is 1. The highest BCUT2D eigenvalue weighted by Crippen LogP contribution is 2.25. The largest absolute Gasteiger partial charge is 0.307 e. The van der Waals surface area contributed by atoms with E-state index in [1.165, 1.54) is 17.4 Å². The number of amides is 1. The van der Waals surface area contributed by atoms with Crippen molar-refractivity contribution in [3.8, 4) is 11.3 Å². The van der Waals surface area contributed by atoms with Crippen molar-refractivity contribution in [2.75, 3.05) is 5.32 Å². The van der Waals surface area contributed by atoms with Gasteiger partial charge >= 0.3 is 0 Å². The molecule has 3 rings (SSSR count). The summed E-state index contributed by atoms with van der Waals surface area (Å²) in [6.07, 6.45) is 6.60. The van der Waals surface area contributed by atoms with Crippen LogP contribution in [0.2, 0.25) is 5.02 Å². The van der Waals surface area contributed by atoms with E-state index in [0.29, 0.717) is 10.8 Å². The number of rotatable bonds is 4. The maximum atomic E-state index is 12.0. The molecule has 0 aliphatic heterocycles. The molecule has 0 atom stereocenters. The molecule has 7 heteroatoms. The molecule has 0 radical (unpaired) electrons. The summed E-state index contributed by atoms with van der Waals surface area (Å²) in [5, 5.41) is 12.4. The van der Waals surface area contributed by atoms with Crippen LogP contribution in [0.1, 0.15) is 10.4 Å². The van der Waals surface area contributed by atoms with Gasteiger partial charge in [-0.2, -0.15) is 5.10 Å². The fraction of sp³-hybridized carbons (Fsp3) is 0.0625. The number of carbonyl (C=O) groups excluding carboxylic acids is 1. The Balaban J connectivity index is 1.72. The molecule has 116 valence electrons. The van der Waals surface area contributed by atoms with Crippen LogP contribution in [0.25, 0.3) is 17.3 Å². The van der Waals surface area contributed by atoms with Gasteiger partial charge in [-0.15, -0.1) is 11.3 Å². The smallest absolute Gasteiger partial charge is 0.249 e. The molecular weight excluding hydrogens is 332 g/mol. The van der Waals surface area contributed by atoms with Crippen LogP contribution < -0.4 is 5.32 Å². The third-order valence-corrected chi connectivity index (χ3v) is 4.44. The lowest BCUT2D eigenvalue weighted by Gasteiger charge is -2.01. The summed E-state index contributed by atoms with van der Waals surface area (Å²) >= 11 is 7.32. The lowest BCUT2D eigenvalue weighted by atomic mass is 10.1. The van der Waals surface area contributed by atoms with E-state index in [0.717, 1.165) is 21.7 Å². The number of carbonyl (C=O) groups is 1. The summed E-state index contributed by atoms with van der Waals surface area (Å²) in [5.41, 5.74) is 2.60. The van der Waals surface area contributed by atoms with Crippen molar-refractivity contribution in [3.63, 3.8) is 0 Å². The van der Waals surface area contributed by atoms with Gasteiger partial charge in [-0.3, -0.25) is 14.9 Å². The molecule has 0 unspecified atom stereocenters. The molecule has 3 aromatic rings. The second-order valence-electron chi connectivity index (χ2n) is 4.80. The third-order valence-electron chi connectivity index (χ3n) is 3.20. The summed E-state index contributed by atoms with van der Waals surface area (Å²) in [4.78, 5) is 16.9. The van der Waals surface area contributed by atoms with E-state index in [2.05, 4.69) is 20.5 Å². The number of nitrogens with one attached hydrogen (secondary N) is 2. The van der Waals surface area contributed by atoms with Gasteiger partial charge in [0.25, 0.3) is 0 Å². The van der Waals surface area contributed by atoms with Crippen molar-refractivity contribution in [3.05, 3.63) is 57.5 Å². The van der Waals surface area contributed by atoms with Crippen molar-refractivity contribution in [1.29, 1.82) is 0 Å². The van der Waals surface area contributed by atoms with Gasteiger partial charge in [0.2, 0.25) is 5.91 Å². The lowest BCUT2D eigenvalue weighted by molar-refractivity contribution is -0.111. The Hall–Kier alpha value is -2.44. The van der Waals surface area contributed by atoms with E-state index in [9.17, 15) is 4.79 Å². The zero-order valence-corrected chi connectivity index (χ0v) is 13.8. The Kier molecular flexibility index (Phi) is 4.55. The first-order valence-corrected chi connectivity index (χ1v) is 8.07. The van der Waals surface area contributed by atoms with Crippen LogP contribution in [0.5, 0.6) is 0 Å². The monoisotopic (exact) mass is 344 g/mol. The predicted octanol–water partition coefficient (Wildman–Crippen LogP) is 4.15. The molecule has 1 amide bonds. The number of hydrogen-bond acceptors (Lipinski definition) is 4. The van der Waals surface area contributed by atoms with Crippen molar-refractivity contribution < 1.29 is 4.79 Å². The van der Waals surface area contributed by atoms with E-state index in [1.54, 1.807) is 24.5 Å². The maximum Gasteiger partial charge on any atom is 0.249 e. The number of thiophene rings is 1. The van der Waals surface area contributed by atoms with Gasteiger partial charge < -0.3 is 5.32 Å². The molecule has 3 heterocycles. The van der Waals surface area contributed by atoms with Gasteiger partial charge in [0.1, 0.15) is 5.82 Å². The number of hydrogen-bond donors (Lipinski definition) is 2. The minimum Gasteiger partial charge on any atom is -0.307 e. The highest BCUT2D eigenvalue weighted by molar-refractivity contribution is 7.11. The zero-order valence-electron chi connectivity index (χ0n) is 12.2. The van der Waals surface area contributed by atoms with Gasteiger partial charge in [0, 0.05) is 39.9 Å². The van der Waals surface area contributed by atoms with Gasteiger partial charge in [-0.25, -0.2) is 0 Å². The quantitative estimate of drug-likeness (QED) is 0.698. The highest BCUT2D eigenvalue weighted by atomic mass is 35.5. The standard InChI is InChI=1S/C16H13ClN4OS/c1-10-15(11-4-6-18-7-5-11)20-21-16(10)19-14(22)3-2-13-8-12(17)9-23-13/h2-9H,1H3,(H2,19,20,21,22). The van der Waals surface area contributed by atoms with Gasteiger partial charge in [0.05, 0.1) is 10.7 Å². The Morgan fingerprint density at radius 2 is 2.17 bits per heavy atom. The number of nitrogens with zero attached hydrogens (tertiary/aromatic N) is 2. The molecule has 0 saturated heterocycles. The maximum absolute atomic E-state index is 12.0. The van der Waals surface area contributed by atoms with Crippen molar-refractivity contribution in [2.45, 2.75) is 6.92 Å². The Labute approximate surface area is 142 Å². The number of H-pyrrole nitrogens is 1. The fourth-order valence-corrected chi connectivity index (χ4v) is 3.02. The van der Waals surface area contributed by atoms with Crippen LogP contribution in [-0.2, 0) is 4.79 Å². The molecule has 0 aliphatic rings. The molecule has 0 aliphatic carbocycles. The Bertz CT molecular complexity index is 854. The van der Waals surface area contributed by atoms with Gasteiger partial charge in [-0.05, 0) is 31.2 Å². The van der Waals surface area contributed by atoms with Crippen LogP contribution in [-0.4, -0.2) is 21.1 Å². The van der Waals surface area contributed by atoms with Crippen molar-refractivity contribution in [2.24, 2.45) is 0 Å². The summed E-state index contributed by atoms with van der Waals surface area (Å²) in [6, 6.07) is 5.55. The van der Waals surface area contributed by atoms with Crippen LogP contribution in [0, 0.1) is 6.92 Å². The SMILES string of the molecule is Cc1c(-c2ccncc2)n[nH]c1NC(=O)C=Cc1cc(Cl)cs1. The molecule has 0 bridgehead atoms. The molecule has 2 N–H and O–H groups in total. The minimum absolute atomic E-state index is 0.234. The average Bonchev–Trinajstić information content (AvgIpc) is 3.13. The van der Waals surface area contributed by atoms with Crippen molar-refractivity contribution in [1.82, 2.24) is 15.2 Å².